The smallest absolute Gasteiger partial charge is 0.410 e. The fourth-order valence-corrected chi connectivity index (χ4v) is 6.01. The van der Waals surface area contributed by atoms with Gasteiger partial charge < -0.3 is 43.4 Å². The maximum atomic E-state index is 13.5. The van der Waals surface area contributed by atoms with Crippen molar-refractivity contribution in [3.63, 3.8) is 0 Å². The molecular weight excluding hydrogens is 604 g/mol. The van der Waals surface area contributed by atoms with E-state index < -0.39 is 5.60 Å². The number of nitrogens with zero attached hydrogens (tertiary/aromatic N) is 3. The Morgan fingerprint density at radius 3 is 2.43 bits per heavy atom. The number of piperidine rings is 1. The lowest BCUT2D eigenvalue weighted by atomic mass is 10.0. The molecule has 47 heavy (non-hydrogen) atoms. The van der Waals surface area contributed by atoms with Crippen molar-refractivity contribution in [1.82, 2.24) is 19.7 Å². The molecule has 1 N–H and O–H groups in total. The van der Waals surface area contributed by atoms with E-state index >= 15 is 0 Å². The summed E-state index contributed by atoms with van der Waals surface area (Å²) in [5, 5.41) is 3.49. The van der Waals surface area contributed by atoms with Gasteiger partial charge in [-0.25, -0.2) is 4.79 Å². The van der Waals surface area contributed by atoms with Crippen molar-refractivity contribution in [1.29, 1.82) is 0 Å². The van der Waals surface area contributed by atoms with E-state index in [1.807, 2.05) is 49.9 Å². The molecule has 2 aliphatic rings. The van der Waals surface area contributed by atoms with E-state index in [0.717, 1.165) is 31.5 Å². The maximum absolute atomic E-state index is 13.5. The number of amides is 2. The van der Waals surface area contributed by atoms with Gasteiger partial charge in [0.15, 0.2) is 11.5 Å². The highest BCUT2D eigenvalue weighted by Gasteiger charge is 2.32. The van der Waals surface area contributed by atoms with Crippen molar-refractivity contribution < 1.29 is 33.3 Å². The van der Waals surface area contributed by atoms with Crippen LogP contribution in [0.15, 0.2) is 47.3 Å². The molecule has 254 valence electrons. The first-order valence-corrected chi connectivity index (χ1v) is 16.2. The Hall–Kier alpha value is -4.29. The largest absolute Gasteiger partial charge is 0.497 e. The van der Waals surface area contributed by atoms with E-state index in [1.54, 1.807) is 30.9 Å². The Labute approximate surface area is 275 Å². The molecule has 12 nitrogen and oxygen atoms in total. The second-order valence-corrected chi connectivity index (χ2v) is 12.8. The molecule has 3 aromatic rings. The number of ether oxygens (including phenoxy) is 5. The van der Waals surface area contributed by atoms with Crippen molar-refractivity contribution in [2.24, 2.45) is 0 Å². The first kappa shape index (κ1) is 34.1. The Balaban J connectivity index is 1.28. The van der Waals surface area contributed by atoms with Gasteiger partial charge in [0.25, 0.3) is 11.5 Å². The predicted molar refractivity (Wildman–Crippen MR) is 178 cm³/mol. The average molecular weight is 651 g/mol. The van der Waals surface area contributed by atoms with E-state index in [4.69, 9.17) is 23.7 Å². The van der Waals surface area contributed by atoms with Crippen LogP contribution in [0.2, 0.25) is 0 Å². The Bertz CT molecular complexity index is 1620. The summed E-state index contributed by atoms with van der Waals surface area (Å²) in [4.78, 5) is 43.9. The lowest BCUT2D eigenvalue weighted by Gasteiger charge is -2.39. The van der Waals surface area contributed by atoms with E-state index in [-0.39, 0.29) is 23.6 Å². The van der Waals surface area contributed by atoms with Crippen molar-refractivity contribution in [2.75, 3.05) is 60.2 Å². The molecule has 0 unspecified atom stereocenters. The molecule has 0 aliphatic carbocycles. The highest BCUT2D eigenvalue weighted by molar-refractivity contribution is 6.06. The fraction of sp³-hybridized carbons (Fsp3) is 0.514. The minimum Gasteiger partial charge on any atom is -0.497 e. The zero-order chi connectivity index (χ0) is 33.6. The van der Waals surface area contributed by atoms with Gasteiger partial charge in [-0.2, -0.15) is 0 Å². The second kappa shape index (κ2) is 15.1. The molecule has 1 fully saturated rings. The van der Waals surface area contributed by atoms with Crippen LogP contribution in [0.1, 0.15) is 49.5 Å². The average Bonchev–Trinajstić information content (AvgIpc) is 3.05. The summed E-state index contributed by atoms with van der Waals surface area (Å²) in [7, 11) is 3.14. The van der Waals surface area contributed by atoms with Crippen LogP contribution in [0.5, 0.6) is 17.2 Å². The molecule has 0 atom stereocenters. The van der Waals surface area contributed by atoms with Crippen LogP contribution in [-0.4, -0.2) is 98.2 Å². The van der Waals surface area contributed by atoms with Gasteiger partial charge in [-0.3, -0.25) is 9.59 Å². The summed E-state index contributed by atoms with van der Waals surface area (Å²) in [6, 6.07) is 12.6. The van der Waals surface area contributed by atoms with Gasteiger partial charge in [0.2, 0.25) is 0 Å². The van der Waals surface area contributed by atoms with Crippen molar-refractivity contribution in [2.45, 2.75) is 58.3 Å². The number of hydrogen-bond donors (Lipinski definition) is 1. The topological polar surface area (TPSA) is 121 Å². The lowest BCUT2D eigenvalue weighted by molar-refractivity contribution is 0.00561. The number of methoxy groups -OCH3 is 2. The Morgan fingerprint density at radius 1 is 0.979 bits per heavy atom. The molecular formula is C35H46N4O8. The number of hydrogen-bond acceptors (Lipinski definition) is 9. The molecule has 2 aliphatic heterocycles. The third-order valence-corrected chi connectivity index (χ3v) is 8.38. The number of pyridine rings is 1. The predicted octanol–water partition coefficient (Wildman–Crippen LogP) is 4.06. The summed E-state index contributed by atoms with van der Waals surface area (Å²) in [6.45, 7) is 10.3. The first-order chi connectivity index (χ1) is 22.6. The van der Waals surface area contributed by atoms with E-state index in [9.17, 15) is 14.4 Å². The standard InChI is InChI=1S/C35H46N4O8/c1-35(2,3)47-34(42)39(23-24-6-9-30-31(20-24)46-19-18-45-30)25-10-13-37(14-11-25)15-16-38-29-21-26(44-5)7-8-27(29)28(22-32(38)40)33(41)36-12-17-43-4/h6-9,20-22,25H,10-19,23H2,1-5H3,(H,36,41). The third-order valence-electron chi connectivity index (χ3n) is 8.38. The quantitative estimate of drug-likeness (QED) is 0.307. The van der Waals surface area contributed by atoms with Gasteiger partial charge >= 0.3 is 6.09 Å². The molecule has 0 radical (unpaired) electrons. The lowest BCUT2D eigenvalue weighted by Crippen LogP contribution is -2.49. The number of rotatable bonds is 11. The van der Waals surface area contributed by atoms with Gasteiger partial charge in [0, 0.05) is 69.9 Å². The molecule has 1 saturated heterocycles. The third kappa shape index (κ3) is 8.55. The second-order valence-electron chi connectivity index (χ2n) is 12.8. The van der Waals surface area contributed by atoms with Crippen LogP contribution in [0.3, 0.4) is 0 Å². The summed E-state index contributed by atoms with van der Waals surface area (Å²) in [5.74, 6) is 1.67. The number of carbonyl (C=O) groups is 2. The van der Waals surface area contributed by atoms with Crippen LogP contribution < -0.4 is 25.1 Å². The molecule has 3 heterocycles. The van der Waals surface area contributed by atoms with Crippen LogP contribution in [0, 0.1) is 0 Å². The highest BCUT2D eigenvalue weighted by Crippen LogP contribution is 2.32. The molecule has 2 amide bonds. The van der Waals surface area contributed by atoms with E-state index in [1.165, 1.54) is 6.07 Å². The first-order valence-electron chi connectivity index (χ1n) is 16.2. The van der Waals surface area contributed by atoms with E-state index in [2.05, 4.69) is 10.2 Å². The molecule has 0 spiro atoms. The number of carbonyl (C=O) groups excluding carboxylic acids is 2. The zero-order valence-electron chi connectivity index (χ0n) is 28.0. The van der Waals surface area contributed by atoms with E-state index in [0.29, 0.717) is 79.7 Å². The van der Waals surface area contributed by atoms with Gasteiger partial charge in [0.05, 0.1) is 24.8 Å². The summed E-state index contributed by atoms with van der Waals surface area (Å²) >= 11 is 0. The van der Waals surface area contributed by atoms with Crippen LogP contribution >= 0.6 is 0 Å². The van der Waals surface area contributed by atoms with Crippen molar-refractivity contribution in [3.8, 4) is 17.2 Å². The Morgan fingerprint density at radius 2 is 1.72 bits per heavy atom. The summed E-state index contributed by atoms with van der Waals surface area (Å²) in [5.41, 5.74) is 1.02. The van der Waals surface area contributed by atoms with Gasteiger partial charge in [-0.1, -0.05) is 6.07 Å². The molecule has 12 heteroatoms. The van der Waals surface area contributed by atoms with Crippen molar-refractivity contribution >= 4 is 22.9 Å². The molecule has 2 aromatic carbocycles. The zero-order valence-corrected chi connectivity index (χ0v) is 28.0. The SMILES string of the molecule is COCCNC(=O)c1cc(=O)n(CCN2CCC(N(Cc3ccc4c(c3)OCCO4)C(=O)OC(C)(C)C)CC2)c2cc(OC)ccc12. The number of aromatic nitrogens is 1. The Kier molecular flexibility index (Phi) is 10.9. The summed E-state index contributed by atoms with van der Waals surface area (Å²) in [6.07, 6.45) is 1.17. The number of nitrogens with one attached hydrogen (secondary N) is 1. The summed E-state index contributed by atoms with van der Waals surface area (Å²) < 4.78 is 29.5. The normalized spacial score (nSPS) is 15.3. The minimum atomic E-state index is -0.623. The number of fused-ring (bicyclic) bond motifs is 2. The molecule has 0 saturated carbocycles. The molecule has 0 bridgehead atoms. The molecule has 1 aromatic heterocycles. The number of likely N-dealkylation sites (tertiary alicyclic amines) is 1. The van der Waals surface area contributed by atoms with Crippen molar-refractivity contribution in [3.05, 3.63) is 63.9 Å². The number of benzene rings is 2. The monoisotopic (exact) mass is 650 g/mol. The van der Waals surface area contributed by atoms with Gasteiger partial charge in [-0.05, 0) is 63.4 Å². The fourth-order valence-electron chi connectivity index (χ4n) is 6.01. The van der Waals surface area contributed by atoms with Crippen LogP contribution in [0.25, 0.3) is 10.9 Å². The van der Waals surface area contributed by atoms with Gasteiger partial charge in [-0.15, -0.1) is 0 Å². The maximum Gasteiger partial charge on any atom is 0.410 e. The van der Waals surface area contributed by atoms with Crippen LogP contribution in [-0.2, 0) is 22.6 Å². The van der Waals surface area contributed by atoms with Gasteiger partial charge in [0.1, 0.15) is 24.6 Å². The highest BCUT2D eigenvalue weighted by atomic mass is 16.6. The molecule has 5 rings (SSSR count). The van der Waals surface area contributed by atoms with Crippen LogP contribution in [0.4, 0.5) is 4.79 Å². The minimum absolute atomic E-state index is 0.0157.